The number of aliphatic carboxylic acids is 1. The molecule has 0 amide bonds. The van der Waals surface area contributed by atoms with Crippen molar-refractivity contribution >= 4 is 35.1 Å². The molecule has 0 aliphatic carbocycles. The van der Waals surface area contributed by atoms with Crippen molar-refractivity contribution in [2.45, 2.75) is 37.6 Å². The first-order chi connectivity index (χ1) is 12.0. The highest BCUT2D eigenvalue weighted by Gasteiger charge is 2.38. The Labute approximate surface area is 150 Å². The lowest BCUT2D eigenvalue weighted by atomic mass is 10.2. The van der Waals surface area contributed by atoms with Crippen LogP contribution in [0.15, 0.2) is 18.2 Å². The number of esters is 1. The minimum atomic E-state index is -0.924. The fourth-order valence-corrected chi connectivity index (χ4v) is 3.85. The Bertz CT molecular complexity index is 689. The summed E-state index contributed by atoms with van der Waals surface area (Å²) in [6, 6.07) is 7.23. The zero-order chi connectivity index (χ0) is 18.3. The third kappa shape index (κ3) is 5.29. The zero-order valence-electron chi connectivity index (χ0n) is 14.0. The van der Waals surface area contributed by atoms with Crippen molar-refractivity contribution in [2.75, 3.05) is 23.0 Å². The van der Waals surface area contributed by atoms with Gasteiger partial charge in [-0.1, -0.05) is 0 Å². The van der Waals surface area contributed by atoms with E-state index in [-0.39, 0.29) is 12.4 Å². The van der Waals surface area contributed by atoms with Gasteiger partial charge in [-0.3, -0.25) is 9.59 Å². The minimum absolute atomic E-state index is 0.119. The van der Waals surface area contributed by atoms with Crippen LogP contribution in [0, 0.1) is 11.3 Å². The van der Waals surface area contributed by atoms with E-state index >= 15 is 0 Å². The Morgan fingerprint density at radius 2 is 2.08 bits per heavy atom. The summed E-state index contributed by atoms with van der Waals surface area (Å²) in [6.07, 6.45) is 1.72. The van der Waals surface area contributed by atoms with Gasteiger partial charge in [0.15, 0.2) is 4.99 Å². The van der Waals surface area contributed by atoms with Gasteiger partial charge in [0.1, 0.15) is 0 Å². The molecule has 1 atom stereocenters. The van der Waals surface area contributed by atoms with Gasteiger partial charge in [-0.05, 0) is 43.7 Å². The maximum Gasteiger partial charge on any atom is 0.308 e. The summed E-state index contributed by atoms with van der Waals surface area (Å²) in [5.74, 6) is -0.445. The minimum Gasteiger partial charge on any atom is -0.481 e. The molecule has 1 heterocycles. The second-order valence-corrected chi connectivity index (χ2v) is 7.02. The number of nitrogens with one attached hydrogen (secondary N) is 2. The van der Waals surface area contributed by atoms with Crippen LogP contribution in [0.5, 0.6) is 0 Å². The summed E-state index contributed by atoms with van der Waals surface area (Å²) >= 11 is 1.46. The predicted molar refractivity (Wildman–Crippen MR) is 96.3 cm³/mol. The monoisotopic (exact) mass is 363 g/mol. The molecule has 1 aliphatic rings. The Morgan fingerprint density at radius 1 is 1.32 bits per heavy atom. The highest BCUT2D eigenvalue weighted by molar-refractivity contribution is 8.00. The number of hydrogen-bond acceptors (Lipinski definition) is 7. The molecule has 0 bridgehead atoms. The molecule has 1 aliphatic heterocycles. The van der Waals surface area contributed by atoms with E-state index in [2.05, 4.69) is 16.7 Å². The number of thioether (sulfide) groups is 1. The van der Waals surface area contributed by atoms with Crippen molar-refractivity contribution in [3.63, 3.8) is 0 Å². The fraction of sp³-hybridized carbons (Fsp3) is 0.471. The SMILES string of the molecule is CCOC(=O)CCCCSC1(CC(=O)O)Nc2ccc(C#N)cc2N1. The molecule has 134 valence electrons. The topological polar surface area (TPSA) is 111 Å². The second kappa shape index (κ2) is 8.62. The van der Waals surface area contributed by atoms with Gasteiger partial charge >= 0.3 is 11.9 Å². The number of hydrogen-bond donors (Lipinski definition) is 3. The Balaban J connectivity index is 1.93. The first-order valence-corrected chi connectivity index (χ1v) is 9.08. The lowest BCUT2D eigenvalue weighted by Gasteiger charge is -2.28. The van der Waals surface area contributed by atoms with Crippen LogP contribution >= 0.6 is 11.8 Å². The largest absolute Gasteiger partial charge is 0.481 e. The van der Waals surface area contributed by atoms with Crippen LogP contribution in [-0.2, 0) is 14.3 Å². The number of rotatable bonds is 9. The van der Waals surface area contributed by atoms with Crippen molar-refractivity contribution in [2.24, 2.45) is 0 Å². The summed E-state index contributed by atoms with van der Waals surface area (Å²) < 4.78 is 4.88. The maximum atomic E-state index is 11.3. The summed E-state index contributed by atoms with van der Waals surface area (Å²) in [7, 11) is 0. The summed E-state index contributed by atoms with van der Waals surface area (Å²) in [4.78, 5) is 21.7. The number of carbonyl (C=O) groups excluding carboxylic acids is 1. The van der Waals surface area contributed by atoms with E-state index in [9.17, 15) is 14.7 Å². The highest BCUT2D eigenvalue weighted by Crippen LogP contribution is 2.42. The number of carboxylic acids is 1. The van der Waals surface area contributed by atoms with Crippen LogP contribution in [0.25, 0.3) is 0 Å². The molecule has 3 N–H and O–H groups in total. The maximum absolute atomic E-state index is 11.3. The normalized spacial score (nSPS) is 17.8. The van der Waals surface area contributed by atoms with Crippen molar-refractivity contribution in [3.05, 3.63) is 23.8 Å². The van der Waals surface area contributed by atoms with E-state index in [0.717, 1.165) is 17.8 Å². The number of benzene rings is 1. The van der Waals surface area contributed by atoms with Gasteiger partial charge in [0.2, 0.25) is 0 Å². The Hall–Kier alpha value is -2.40. The molecule has 0 radical (unpaired) electrons. The first-order valence-electron chi connectivity index (χ1n) is 8.10. The van der Waals surface area contributed by atoms with E-state index < -0.39 is 11.0 Å². The summed E-state index contributed by atoms with van der Waals surface area (Å²) in [5, 5.41) is 24.7. The predicted octanol–water partition coefficient (Wildman–Crippen LogP) is 2.99. The highest BCUT2D eigenvalue weighted by atomic mass is 32.2. The molecule has 0 saturated carbocycles. The molecule has 0 aromatic heterocycles. The van der Waals surface area contributed by atoms with Gasteiger partial charge in [-0.2, -0.15) is 5.26 Å². The summed E-state index contributed by atoms with van der Waals surface area (Å²) in [5.41, 5.74) is 2.01. The number of anilines is 2. The van der Waals surface area contributed by atoms with Gasteiger partial charge in [-0.25, -0.2) is 0 Å². The molecule has 25 heavy (non-hydrogen) atoms. The number of fused-ring (bicyclic) bond motifs is 1. The average molecular weight is 363 g/mol. The first kappa shape index (κ1) is 18.9. The lowest BCUT2D eigenvalue weighted by molar-refractivity contribution is -0.143. The third-order valence-electron chi connectivity index (χ3n) is 3.65. The van der Waals surface area contributed by atoms with E-state index in [1.165, 1.54) is 11.8 Å². The molecule has 1 aromatic carbocycles. The lowest BCUT2D eigenvalue weighted by Crippen LogP contribution is -2.40. The van der Waals surface area contributed by atoms with Gasteiger partial charge in [0, 0.05) is 6.42 Å². The van der Waals surface area contributed by atoms with Gasteiger partial charge in [-0.15, -0.1) is 11.8 Å². The molecule has 2 rings (SSSR count). The van der Waals surface area contributed by atoms with Gasteiger partial charge in [0.25, 0.3) is 0 Å². The molecular weight excluding hydrogens is 342 g/mol. The van der Waals surface area contributed by atoms with Crippen LogP contribution < -0.4 is 10.6 Å². The standard InChI is InChI=1S/C17H21N3O4S/c1-2-24-16(23)5-3-4-8-25-17(10-15(21)22)19-13-7-6-12(11-18)9-14(13)20-17/h6-7,9,19-20H,2-5,8,10H2,1H3,(H,21,22). The zero-order valence-corrected chi connectivity index (χ0v) is 14.8. The Morgan fingerprint density at radius 3 is 2.76 bits per heavy atom. The number of nitrogens with zero attached hydrogens (tertiary/aromatic N) is 1. The van der Waals surface area contributed by atoms with Crippen LogP contribution in [0.3, 0.4) is 0 Å². The van der Waals surface area contributed by atoms with Gasteiger partial charge < -0.3 is 20.5 Å². The number of unbranched alkanes of at least 4 members (excludes halogenated alkanes) is 1. The summed E-state index contributed by atoms with van der Waals surface area (Å²) in [6.45, 7) is 2.16. The van der Waals surface area contributed by atoms with Crippen LogP contribution in [-0.4, -0.2) is 34.4 Å². The quantitative estimate of drug-likeness (QED) is 0.453. The molecular formula is C17H21N3O4S. The van der Waals surface area contributed by atoms with E-state index in [1.54, 1.807) is 25.1 Å². The number of carboxylic acid groups (broad SMARTS) is 1. The molecule has 0 spiro atoms. The number of nitriles is 1. The average Bonchev–Trinajstić information content (AvgIpc) is 2.90. The van der Waals surface area contributed by atoms with Crippen LogP contribution in [0.4, 0.5) is 11.4 Å². The van der Waals surface area contributed by atoms with Gasteiger partial charge in [0.05, 0.1) is 36.0 Å². The number of carbonyl (C=O) groups is 2. The van der Waals surface area contributed by atoms with Crippen molar-refractivity contribution < 1.29 is 19.4 Å². The third-order valence-corrected chi connectivity index (χ3v) is 4.99. The van der Waals surface area contributed by atoms with E-state index in [1.807, 2.05) is 0 Å². The molecule has 8 heteroatoms. The molecule has 7 nitrogen and oxygen atoms in total. The smallest absolute Gasteiger partial charge is 0.308 e. The fourth-order valence-electron chi connectivity index (χ4n) is 2.57. The van der Waals surface area contributed by atoms with E-state index in [0.29, 0.717) is 30.8 Å². The molecule has 1 aromatic rings. The van der Waals surface area contributed by atoms with Crippen molar-refractivity contribution in [1.29, 1.82) is 5.26 Å². The number of ether oxygens (including phenoxy) is 1. The van der Waals surface area contributed by atoms with Crippen molar-refractivity contribution in [1.82, 2.24) is 0 Å². The molecule has 0 fully saturated rings. The van der Waals surface area contributed by atoms with Crippen molar-refractivity contribution in [3.8, 4) is 6.07 Å². The van der Waals surface area contributed by atoms with Crippen LogP contribution in [0.1, 0.15) is 38.2 Å². The molecule has 0 saturated heterocycles. The van der Waals surface area contributed by atoms with E-state index in [4.69, 9.17) is 10.00 Å². The second-order valence-electron chi connectivity index (χ2n) is 5.63. The van der Waals surface area contributed by atoms with Crippen LogP contribution in [0.2, 0.25) is 0 Å². The molecule has 1 unspecified atom stereocenters. The Kier molecular flexibility index (Phi) is 6.53.